The molecule has 3 rings (SSSR count). The molecule has 2 aromatic rings. The number of rotatable bonds is 3. The molecule has 0 spiro atoms. The monoisotopic (exact) mass is 323 g/mol. The molecular formula is C19H23N4O+. The van der Waals surface area contributed by atoms with Gasteiger partial charge in [0.05, 0.1) is 23.5 Å². The quantitative estimate of drug-likeness (QED) is 0.909. The van der Waals surface area contributed by atoms with Crippen molar-refractivity contribution < 1.29 is 9.72 Å². The number of nitrogens with zero attached hydrogens (tertiary/aromatic N) is 1. The fourth-order valence-corrected chi connectivity index (χ4v) is 3.03. The number of pyridine rings is 1. The Labute approximate surface area is 142 Å². The number of fused-ring (bicyclic) bond motifs is 1. The lowest BCUT2D eigenvalue weighted by Crippen LogP contribution is -2.35. The molecule has 0 fully saturated rings. The van der Waals surface area contributed by atoms with Gasteiger partial charge in [0, 0.05) is 13.5 Å². The largest absolute Gasteiger partial charge is 0.370 e. The number of aromatic nitrogens is 1. The zero-order valence-electron chi connectivity index (χ0n) is 14.6. The molecule has 1 aromatic heterocycles. The molecule has 0 atom stereocenters. The molecule has 0 radical (unpaired) electrons. The highest BCUT2D eigenvalue weighted by Crippen LogP contribution is 2.34. The minimum Gasteiger partial charge on any atom is -0.370 e. The molecule has 0 bridgehead atoms. The first-order valence-corrected chi connectivity index (χ1v) is 8.10. The smallest absolute Gasteiger partial charge is 0.242 e. The maximum absolute atomic E-state index is 9.76. The minimum absolute atomic E-state index is 0.272. The van der Waals surface area contributed by atoms with Gasteiger partial charge in [0.25, 0.3) is 0 Å². The molecule has 1 aliphatic heterocycles. The Morgan fingerprint density at radius 3 is 2.50 bits per heavy atom. The summed E-state index contributed by atoms with van der Waals surface area (Å²) in [6, 6.07) is 10.5. The number of hydrogen-bond donors (Lipinski definition) is 2. The van der Waals surface area contributed by atoms with Gasteiger partial charge in [-0.2, -0.15) is 5.26 Å². The number of aryl methyl sites for hydroxylation is 1. The highest BCUT2D eigenvalue weighted by molar-refractivity contribution is 5.66. The van der Waals surface area contributed by atoms with Gasteiger partial charge in [0.2, 0.25) is 11.6 Å². The Morgan fingerprint density at radius 1 is 1.17 bits per heavy atom. The lowest BCUT2D eigenvalue weighted by Gasteiger charge is -2.32. The van der Waals surface area contributed by atoms with Gasteiger partial charge in [-0.25, -0.2) is 4.98 Å². The van der Waals surface area contributed by atoms with Crippen LogP contribution in [0.5, 0.6) is 0 Å². The molecule has 2 heterocycles. The van der Waals surface area contributed by atoms with Gasteiger partial charge in [0.1, 0.15) is 11.6 Å². The number of nitrogens with one attached hydrogen (secondary N) is 3. The summed E-state index contributed by atoms with van der Waals surface area (Å²) in [5, 5.41) is 16.3. The summed E-state index contributed by atoms with van der Waals surface area (Å²) in [7, 11) is 1.87. The molecular weight excluding hydrogens is 300 g/mol. The van der Waals surface area contributed by atoms with Crippen LogP contribution < -0.4 is 15.6 Å². The lowest BCUT2D eigenvalue weighted by molar-refractivity contribution is -0.345. The molecule has 0 amide bonds. The van der Waals surface area contributed by atoms with Crippen molar-refractivity contribution in [3.8, 4) is 6.07 Å². The minimum atomic E-state index is -0.272. The average molecular weight is 323 g/mol. The number of ether oxygens (including phenoxy) is 1. The first kappa shape index (κ1) is 16.3. The molecule has 0 aliphatic carbocycles. The van der Waals surface area contributed by atoms with Crippen molar-refractivity contribution in [1.29, 1.82) is 5.26 Å². The summed E-state index contributed by atoms with van der Waals surface area (Å²) in [5.41, 5.74) is 4.61. The topological polar surface area (TPSA) is 71.2 Å². The van der Waals surface area contributed by atoms with Crippen molar-refractivity contribution in [1.82, 2.24) is 0 Å². The van der Waals surface area contributed by atoms with E-state index in [0.717, 1.165) is 22.6 Å². The Balaban J connectivity index is 2.09. The second-order valence-corrected chi connectivity index (χ2v) is 6.79. The van der Waals surface area contributed by atoms with Crippen LogP contribution in [0.1, 0.15) is 36.1 Å². The zero-order chi connectivity index (χ0) is 17.3. The van der Waals surface area contributed by atoms with E-state index in [0.29, 0.717) is 24.4 Å². The molecule has 24 heavy (non-hydrogen) atoms. The van der Waals surface area contributed by atoms with Gasteiger partial charge in [-0.1, -0.05) is 17.7 Å². The fraction of sp³-hybridized carbons (Fsp3) is 0.368. The fourth-order valence-electron chi connectivity index (χ4n) is 3.03. The van der Waals surface area contributed by atoms with E-state index in [1.54, 1.807) is 0 Å². The van der Waals surface area contributed by atoms with E-state index in [2.05, 4.69) is 42.5 Å². The second-order valence-electron chi connectivity index (χ2n) is 6.79. The Morgan fingerprint density at radius 2 is 1.88 bits per heavy atom. The van der Waals surface area contributed by atoms with Gasteiger partial charge in [-0.05, 0) is 38.5 Å². The summed E-state index contributed by atoms with van der Waals surface area (Å²) in [6.45, 7) is 6.66. The van der Waals surface area contributed by atoms with E-state index < -0.39 is 0 Å². The third kappa shape index (κ3) is 3.06. The molecule has 0 saturated carbocycles. The van der Waals surface area contributed by atoms with E-state index in [1.165, 1.54) is 5.56 Å². The van der Waals surface area contributed by atoms with E-state index in [4.69, 9.17) is 4.74 Å². The standard InChI is InChI=1S/C19H22N4O/c1-12-5-7-13(8-6-12)22-18-15(10-20)14-9-19(2,3)24-11-16(14)17(21-4)23-18/h5-8H,9,11H2,1-4H3,(H2,21,22,23)/p+1. The van der Waals surface area contributed by atoms with E-state index in [1.807, 2.05) is 31.3 Å². The first-order chi connectivity index (χ1) is 11.4. The summed E-state index contributed by atoms with van der Waals surface area (Å²) in [6.07, 6.45) is 0.706. The predicted octanol–water partition coefficient (Wildman–Crippen LogP) is 3.32. The SMILES string of the molecule is CNc1[nH+]c(Nc2ccc(C)cc2)c(C#N)c2c1COC(C)(C)C2. The number of anilines is 3. The Kier molecular flexibility index (Phi) is 4.16. The van der Waals surface area contributed by atoms with Gasteiger partial charge in [-0.15, -0.1) is 0 Å². The van der Waals surface area contributed by atoms with Crippen molar-refractivity contribution in [3.63, 3.8) is 0 Å². The van der Waals surface area contributed by atoms with Crippen LogP contribution in [-0.2, 0) is 17.8 Å². The number of H-pyrrole nitrogens is 1. The summed E-state index contributed by atoms with van der Waals surface area (Å²) in [5.74, 6) is 1.59. The van der Waals surface area contributed by atoms with Crippen LogP contribution >= 0.6 is 0 Å². The van der Waals surface area contributed by atoms with Gasteiger partial charge < -0.3 is 10.1 Å². The van der Waals surface area contributed by atoms with Crippen molar-refractivity contribution in [2.24, 2.45) is 0 Å². The van der Waals surface area contributed by atoms with Crippen LogP contribution in [0.25, 0.3) is 0 Å². The van der Waals surface area contributed by atoms with E-state index >= 15 is 0 Å². The third-order valence-corrected chi connectivity index (χ3v) is 4.36. The van der Waals surface area contributed by atoms with Crippen LogP contribution in [0.15, 0.2) is 24.3 Å². The third-order valence-electron chi connectivity index (χ3n) is 4.36. The molecule has 5 heteroatoms. The van der Waals surface area contributed by atoms with Crippen LogP contribution in [0.4, 0.5) is 17.3 Å². The van der Waals surface area contributed by atoms with Gasteiger partial charge >= 0.3 is 0 Å². The molecule has 1 aliphatic rings. The molecule has 0 saturated heterocycles. The molecule has 124 valence electrons. The maximum atomic E-state index is 9.76. The van der Waals surface area contributed by atoms with Crippen molar-refractivity contribution in [3.05, 3.63) is 46.5 Å². The normalized spacial score (nSPS) is 15.3. The number of hydrogen-bond acceptors (Lipinski definition) is 4. The molecule has 1 aromatic carbocycles. The van der Waals surface area contributed by atoms with Crippen LogP contribution in [-0.4, -0.2) is 12.6 Å². The van der Waals surface area contributed by atoms with E-state index in [-0.39, 0.29) is 5.60 Å². The van der Waals surface area contributed by atoms with Crippen molar-refractivity contribution >= 4 is 17.3 Å². The van der Waals surface area contributed by atoms with Crippen LogP contribution in [0, 0.1) is 18.3 Å². The van der Waals surface area contributed by atoms with Crippen LogP contribution in [0.2, 0.25) is 0 Å². The molecule has 0 unspecified atom stereocenters. The molecule has 5 nitrogen and oxygen atoms in total. The van der Waals surface area contributed by atoms with Gasteiger partial charge in [-0.3, -0.25) is 5.32 Å². The first-order valence-electron chi connectivity index (χ1n) is 8.10. The van der Waals surface area contributed by atoms with E-state index in [9.17, 15) is 5.26 Å². The Hall–Kier alpha value is -2.58. The Bertz CT molecular complexity index is 804. The summed E-state index contributed by atoms with van der Waals surface area (Å²) in [4.78, 5) is 3.31. The number of benzene rings is 1. The van der Waals surface area contributed by atoms with Gasteiger partial charge in [0.15, 0.2) is 0 Å². The molecule has 3 N–H and O–H groups in total. The predicted molar refractivity (Wildman–Crippen MR) is 94.3 cm³/mol. The van der Waals surface area contributed by atoms with Crippen molar-refractivity contribution in [2.75, 3.05) is 17.7 Å². The zero-order valence-corrected chi connectivity index (χ0v) is 14.6. The highest BCUT2D eigenvalue weighted by Gasteiger charge is 2.33. The highest BCUT2D eigenvalue weighted by atomic mass is 16.5. The summed E-state index contributed by atoms with van der Waals surface area (Å²) < 4.78 is 5.92. The summed E-state index contributed by atoms with van der Waals surface area (Å²) >= 11 is 0. The maximum Gasteiger partial charge on any atom is 0.242 e. The van der Waals surface area contributed by atoms with Crippen molar-refractivity contribution in [2.45, 2.75) is 39.4 Å². The number of aromatic amines is 1. The van der Waals surface area contributed by atoms with Crippen LogP contribution in [0.3, 0.4) is 0 Å². The number of nitriles is 1. The second kappa shape index (κ2) is 6.14. The average Bonchev–Trinajstić information content (AvgIpc) is 2.55. The lowest BCUT2D eigenvalue weighted by atomic mass is 9.89.